The minimum atomic E-state index is -0.0604. The van der Waals surface area contributed by atoms with Crippen molar-refractivity contribution in [3.8, 4) is 0 Å². The molecular weight excluding hydrogens is 324 g/mol. The average molecular weight is 363 g/mol. The minimum absolute atomic E-state index is 0.0604. The van der Waals surface area contributed by atoms with Gasteiger partial charge in [-0.1, -0.05) is 19.0 Å². The molecule has 4 fully saturated rings. The highest BCUT2D eigenvalue weighted by Crippen LogP contribution is 2.65. The van der Waals surface area contributed by atoms with Crippen molar-refractivity contribution >= 4 is 5.71 Å². The van der Waals surface area contributed by atoms with E-state index in [-0.39, 0.29) is 11.5 Å². The van der Waals surface area contributed by atoms with E-state index in [1.807, 2.05) is 0 Å². The molecule has 0 bridgehead atoms. The molecule has 7 atom stereocenters. The Kier molecular flexibility index (Phi) is 5.11. The molecule has 4 rings (SSSR count). The van der Waals surface area contributed by atoms with E-state index in [2.05, 4.69) is 19.0 Å². The van der Waals surface area contributed by atoms with E-state index in [1.165, 1.54) is 44.2 Å². The molecule has 0 aromatic heterocycles. The molecule has 4 heteroatoms. The first-order chi connectivity index (χ1) is 12.5. The maximum absolute atomic E-state index is 10.6. The van der Waals surface area contributed by atoms with Gasteiger partial charge in [0.2, 0.25) is 0 Å². The van der Waals surface area contributed by atoms with Crippen LogP contribution in [0.5, 0.6) is 0 Å². The Morgan fingerprint density at radius 3 is 2.69 bits per heavy atom. The lowest BCUT2D eigenvalue weighted by molar-refractivity contribution is -0.112. The van der Waals surface area contributed by atoms with Gasteiger partial charge in [0.05, 0.1) is 11.8 Å². The Labute approximate surface area is 158 Å². The van der Waals surface area contributed by atoms with Crippen LogP contribution in [0, 0.1) is 34.5 Å². The number of hydrogen-bond donors (Lipinski definition) is 2. The average Bonchev–Trinajstić information content (AvgIpc) is 2.94. The highest BCUT2D eigenvalue weighted by Gasteiger charge is 2.59. The number of oxime groups is 1. The van der Waals surface area contributed by atoms with E-state index in [9.17, 15) is 5.11 Å². The van der Waals surface area contributed by atoms with Crippen LogP contribution in [0.2, 0.25) is 0 Å². The third-order valence-electron chi connectivity index (χ3n) is 9.08. The summed E-state index contributed by atoms with van der Waals surface area (Å²) in [5.41, 5.74) is 7.47. The van der Waals surface area contributed by atoms with Gasteiger partial charge >= 0.3 is 0 Å². The number of nitrogens with two attached hydrogens (primary N) is 1. The van der Waals surface area contributed by atoms with Crippen LogP contribution in [-0.2, 0) is 4.84 Å². The standard InChI is InChI=1S/C22H38N2O2/c1-21-10-8-16(24-26-13-3-12-23)14-15(21)4-5-17-18-6-7-20(25)22(18,2)11-9-19(17)21/h15,17-20,25H,3-14,23H2,1-2H3/t15?,17?,18?,19?,20-,21-,22-/m0/s1. The number of aliphatic hydroxyl groups is 1. The molecule has 0 spiro atoms. The second-order valence-corrected chi connectivity index (χ2v) is 10.1. The first-order valence-corrected chi connectivity index (χ1v) is 11.0. The lowest BCUT2D eigenvalue weighted by atomic mass is 9.45. The molecule has 26 heavy (non-hydrogen) atoms. The maximum Gasteiger partial charge on any atom is 0.118 e. The quantitative estimate of drug-likeness (QED) is 0.584. The minimum Gasteiger partial charge on any atom is -0.396 e. The first kappa shape index (κ1) is 18.7. The molecule has 0 aliphatic heterocycles. The van der Waals surface area contributed by atoms with Crippen LogP contribution in [0.3, 0.4) is 0 Å². The zero-order valence-electron chi connectivity index (χ0n) is 16.8. The molecule has 0 aromatic carbocycles. The molecule has 0 amide bonds. The maximum atomic E-state index is 10.6. The Morgan fingerprint density at radius 2 is 1.88 bits per heavy atom. The van der Waals surface area contributed by atoms with Gasteiger partial charge in [-0.05, 0) is 105 Å². The van der Waals surface area contributed by atoms with Crippen molar-refractivity contribution in [3.05, 3.63) is 0 Å². The van der Waals surface area contributed by atoms with E-state index < -0.39 is 0 Å². The lowest BCUT2D eigenvalue weighted by Crippen LogP contribution is -2.54. The highest BCUT2D eigenvalue weighted by molar-refractivity contribution is 5.85. The summed E-state index contributed by atoms with van der Waals surface area (Å²) in [4.78, 5) is 5.49. The van der Waals surface area contributed by atoms with Crippen LogP contribution in [0.25, 0.3) is 0 Å². The molecule has 4 aliphatic rings. The Morgan fingerprint density at radius 1 is 1.08 bits per heavy atom. The van der Waals surface area contributed by atoms with E-state index >= 15 is 0 Å². The van der Waals surface area contributed by atoms with Crippen LogP contribution in [0.1, 0.15) is 78.1 Å². The summed E-state index contributed by atoms with van der Waals surface area (Å²) in [6, 6.07) is 0. The summed E-state index contributed by atoms with van der Waals surface area (Å²) in [7, 11) is 0. The van der Waals surface area contributed by atoms with Gasteiger partial charge < -0.3 is 15.7 Å². The predicted octanol–water partition coefficient (Wildman–Crippen LogP) is 4.11. The Balaban J connectivity index is 1.46. The smallest absolute Gasteiger partial charge is 0.118 e. The van der Waals surface area contributed by atoms with E-state index in [4.69, 9.17) is 10.6 Å². The lowest BCUT2D eigenvalue weighted by Gasteiger charge is -2.60. The van der Waals surface area contributed by atoms with Crippen molar-refractivity contribution in [2.24, 2.45) is 45.4 Å². The SMILES string of the molecule is C[C@]12CCC(=NOCCCN)CC1CCC1C2CC[C@@]2(C)C1CC[C@@H]2O. The van der Waals surface area contributed by atoms with E-state index in [0.717, 1.165) is 49.4 Å². The Bertz CT molecular complexity index is 550. The number of rotatable bonds is 4. The molecular formula is C22H38N2O2. The molecule has 148 valence electrons. The van der Waals surface area contributed by atoms with Crippen LogP contribution in [-0.4, -0.2) is 30.1 Å². The molecule has 0 heterocycles. The van der Waals surface area contributed by atoms with Gasteiger partial charge in [0, 0.05) is 0 Å². The summed E-state index contributed by atoms with van der Waals surface area (Å²) in [5, 5.41) is 15.0. The van der Waals surface area contributed by atoms with Crippen molar-refractivity contribution in [2.45, 2.75) is 84.2 Å². The summed E-state index contributed by atoms with van der Waals surface area (Å²) in [6.45, 7) is 6.28. The van der Waals surface area contributed by atoms with Gasteiger partial charge in [-0.25, -0.2) is 0 Å². The largest absolute Gasteiger partial charge is 0.396 e. The number of nitrogens with zero attached hydrogens (tertiary/aromatic N) is 1. The first-order valence-electron chi connectivity index (χ1n) is 11.0. The fourth-order valence-corrected chi connectivity index (χ4v) is 7.40. The van der Waals surface area contributed by atoms with Gasteiger partial charge in [0.15, 0.2) is 0 Å². The fraction of sp³-hybridized carbons (Fsp3) is 0.955. The van der Waals surface area contributed by atoms with Gasteiger partial charge in [0.1, 0.15) is 6.61 Å². The zero-order chi connectivity index (χ0) is 18.4. The van der Waals surface area contributed by atoms with Crippen LogP contribution in [0.15, 0.2) is 5.16 Å². The number of fused-ring (bicyclic) bond motifs is 5. The summed E-state index contributed by atoms with van der Waals surface area (Å²) in [6.07, 6.45) is 11.8. The summed E-state index contributed by atoms with van der Waals surface area (Å²) < 4.78 is 0. The van der Waals surface area contributed by atoms with Crippen LogP contribution >= 0.6 is 0 Å². The fourth-order valence-electron chi connectivity index (χ4n) is 7.40. The second kappa shape index (κ2) is 7.09. The molecule has 4 unspecified atom stereocenters. The highest BCUT2D eigenvalue weighted by atomic mass is 16.6. The number of aliphatic hydroxyl groups excluding tert-OH is 1. The molecule has 0 aromatic rings. The van der Waals surface area contributed by atoms with Gasteiger partial charge in [-0.15, -0.1) is 0 Å². The van der Waals surface area contributed by atoms with Crippen LogP contribution in [0.4, 0.5) is 0 Å². The van der Waals surface area contributed by atoms with Crippen molar-refractivity contribution in [1.29, 1.82) is 0 Å². The topological polar surface area (TPSA) is 67.8 Å². The van der Waals surface area contributed by atoms with Crippen LogP contribution < -0.4 is 5.73 Å². The normalized spacial score (nSPS) is 49.4. The summed E-state index contributed by atoms with van der Waals surface area (Å²) in [5.74, 6) is 3.21. The van der Waals surface area contributed by atoms with Crippen molar-refractivity contribution < 1.29 is 9.94 Å². The van der Waals surface area contributed by atoms with Crippen molar-refractivity contribution in [1.82, 2.24) is 0 Å². The zero-order valence-corrected chi connectivity index (χ0v) is 16.8. The predicted molar refractivity (Wildman–Crippen MR) is 105 cm³/mol. The van der Waals surface area contributed by atoms with Crippen molar-refractivity contribution in [3.63, 3.8) is 0 Å². The second-order valence-electron chi connectivity index (χ2n) is 10.1. The summed E-state index contributed by atoms with van der Waals surface area (Å²) >= 11 is 0. The Hall–Kier alpha value is -0.610. The molecule has 4 nitrogen and oxygen atoms in total. The third-order valence-corrected chi connectivity index (χ3v) is 9.08. The van der Waals surface area contributed by atoms with Gasteiger partial charge in [0.25, 0.3) is 0 Å². The van der Waals surface area contributed by atoms with Gasteiger partial charge in [-0.2, -0.15) is 0 Å². The van der Waals surface area contributed by atoms with Crippen molar-refractivity contribution in [2.75, 3.05) is 13.2 Å². The van der Waals surface area contributed by atoms with Gasteiger partial charge in [-0.3, -0.25) is 0 Å². The van der Waals surface area contributed by atoms with E-state index in [1.54, 1.807) is 0 Å². The van der Waals surface area contributed by atoms with E-state index in [0.29, 0.717) is 18.6 Å². The molecule has 4 saturated carbocycles. The molecule has 4 aliphatic carbocycles. The molecule has 0 saturated heterocycles. The monoisotopic (exact) mass is 362 g/mol. The molecule has 0 radical (unpaired) electrons. The molecule has 3 N–H and O–H groups in total. The third kappa shape index (κ3) is 2.92. The number of hydrogen-bond acceptors (Lipinski definition) is 4.